The highest BCUT2D eigenvalue weighted by Gasteiger charge is 2.47. The highest BCUT2D eigenvalue weighted by atomic mass is 16.5. The first-order chi connectivity index (χ1) is 9.79. The molecule has 3 aliphatic rings. The molecule has 1 atom stereocenters. The number of morpholine rings is 1. The van der Waals surface area contributed by atoms with E-state index in [0.29, 0.717) is 0 Å². The molecule has 108 valence electrons. The van der Waals surface area contributed by atoms with Crippen LogP contribution in [0.25, 0.3) is 0 Å². The van der Waals surface area contributed by atoms with Crippen molar-refractivity contribution in [2.45, 2.75) is 62.6 Å². The van der Waals surface area contributed by atoms with Gasteiger partial charge in [-0.25, -0.2) is 0 Å². The lowest BCUT2D eigenvalue weighted by Crippen LogP contribution is -2.62. The number of rotatable bonds is 0. The van der Waals surface area contributed by atoms with Crippen molar-refractivity contribution in [1.29, 1.82) is 0 Å². The number of hydrogen-bond donors (Lipinski definition) is 1. The molecule has 0 amide bonds. The van der Waals surface area contributed by atoms with Crippen molar-refractivity contribution in [2.75, 3.05) is 13.1 Å². The van der Waals surface area contributed by atoms with Crippen LogP contribution in [0, 0.1) is 0 Å². The van der Waals surface area contributed by atoms with Gasteiger partial charge in [0.05, 0.1) is 11.2 Å². The van der Waals surface area contributed by atoms with Crippen LogP contribution in [-0.4, -0.2) is 24.3 Å². The van der Waals surface area contributed by atoms with Gasteiger partial charge in [0.2, 0.25) is 0 Å². The second-order valence-electron chi connectivity index (χ2n) is 7.08. The molecule has 1 aliphatic heterocycles. The fourth-order valence-electron chi connectivity index (χ4n) is 4.53. The first kappa shape index (κ1) is 12.8. The first-order valence-electron chi connectivity index (χ1n) is 8.27. The number of nitrogens with one attached hydrogen (secondary N) is 1. The summed E-state index contributed by atoms with van der Waals surface area (Å²) >= 11 is 0. The van der Waals surface area contributed by atoms with Crippen molar-refractivity contribution in [3.63, 3.8) is 0 Å². The van der Waals surface area contributed by atoms with E-state index in [-0.39, 0.29) is 11.2 Å². The summed E-state index contributed by atoms with van der Waals surface area (Å²) in [6, 6.07) is 8.92. The monoisotopic (exact) mass is 271 g/mol. The Labute approximate surface area is 121 Å². The lowest BCUT2D eigenvalue weighted by Gasteiger charge is -2.52. The van der Waals surface area contributed by atoms with Crippen LogP contribution < -0.4 is 5.32 Å². The van der Waals surface area contributed by atoms with Crippen LogP contribution in [0.5, 0.6) is 0 Å². The highest BCUT2D eigenvalue weighted by Crippen LogP contribution is 2.42. The Hall–Kier alpha value is -0.860. The average Bonchev–Trinajstić information content (AvgIpc) is 2.48. The van der Waals surface area contributed by atoms with Gasteiger partial charge in [0.15, 0.2) is 0 Å². The van der Waals surface area contributed by atoms with Gasteiger partial charge in [-0.15, -0.1) is 0 Å². The van der Waals surface area contributed by atoms with Crippen LogP contribution in [0.15, 0.2) is 24.3 Å². The van der Waals surface area contributed by atoms with Gasteiger partial charge in [-0.2, -0.15) is 0 Å². The average molecular weight is 271 g/mol. The van der Waals surface area contributed by atoms with Crippen LogP contribution >= 0.6 is 0 Å². The number of aryl methyl sites for hydroxylation is 1. The summed E-state index contributed by atoms with van der Waals surface area (Å²) in [5.41, 5.74) is 3.24. The zero-order valence-corrected chi connectivity index (χ0v) is 12.3. The molecule has 0 aromatic heterocycles. The Balaban J connectivity index is 1.59. The van der Waals surface area contributed by atoms with Gasteiger partial charge in [0.1, 0.15) is 0 Å². The van der Waals surface area contributed by atoms with Crippen molar-refractivity contribution in [1.82, 2.24) is 5.32 Å². The predicted octanol–water partition coefficient (Wildman–Crippen LogP) is 3.24. The number of fused-ring (bicyclic) bond motifs is 1. The van der Waals surface area contributed by atoms with Crippen LogP contribution in [0.3, 0.4) is 0 Å². The van der Waals surface area contributed by atoms with Crippen molar-refractivity contribution >= 4 is 0 Å². The molecule has 20 heavy (non-hydrogen) atoms. The molecule has 2 nitrogen and oxygen atoms in total. The molecular formula is C18H25NO. The summed E-state index contributed by atoms with van der Waals surface area (Å²) in [5, 5.41) is 3.71. The summed E-state index contributed by atoms with van der Waals surface area (Å²) in [6.45, 7) is 2.10. The minimum atomic E-state index is 0.0595. The van der Waals surface area contributed by atoms with Crippen molar-refractivity contribution < 1.29 is 4.74 Å². The maximum absolute atomic E-state index is 6.84. The SMILES string of the molecule is c1ccc2c(c1)CCC1(CNCC3(CCCCC3)O1)C2. The lowest BCUT2D eigenvalue weighted by molar-refractivity contribution is -0.195. The fraction of sp³-hybridized carbons (Fsp3) is 0.667. The summed E-state index contributed by atoms with van der Waals surface area (Å²) in [4.78, 5) is 0. The summed E-state index contributed by atoms with van der Waals surface area (Å²) < 4.78 is 6.84. The molecule has 1 saturated heterocycles. The van der Waals surface area contributed by atoms with Crippen LogP contribution in [-0.2, 0) is 17.6 Å². The predicted molar refractivity (Wildman–Crippen MR) is 81.0 cm³/mol. The molecule has 2 fully saturated rings. The van der Waals surface area contributed by atoms with E-state index in [1.54, 1.807) is 0 Å². The van der Waals surface area contributed by atoms with Gasteiger partial charge < -0.3 is 10.1 Å². The number of hydrogen-bond acceptors (Lipinski definition) is 2. The Kier molecular flexibility index (Phi) is 3.12. The van der Waals surface area contributed by atoms with E-state index in [2.05, 4.69) is 29.6 Å². The Bertz CT molecular complexity index is 486. The van der Waals surface area contributed by atoms with Crippen molar-refractivity contribution in [2.24, 2.45) is 0 Å². The van der Waals surface area contributed by atoms with Gasteiger partial charge in [-0.05, 0) is 36.8 Å². The minimum Gasteiger partial charge on any atom is -0.366 e. The van der Waals surface area contributed by atoms with E-state index in [1.165, 1.54) is 56.1 Å². The topological polar surface area (TPSA) is 21.3 Å². The van der Waals surface area contributed by atoms with E-state index in [9.17, 15) is 0 Å². The normalized spacial score (nSPS) is 32.2. The largest absolute Gasteiger partial charge is 0.366 e. The fourth-order valence-corrected chi connectivity index (χ4v) is 4.53. The van der Waals surface area contributed by atoms with Crippen molar-refractivity contribution in [3.8, 4) is 0 Å². The third-order valence-corrected chi connectivity index (χ3v) is 5.57. The van der Waals surface area contributed by atoms with Crippen LogP contribution in [0.2, 0.25) is 0 Å². The van der Waals surface area contributed by atoms with E-state index in [4.69, 9.17) is 4.74 Å². The maximum Gasteiger partial charge on any atom is 0.0857 e. The van der Waals surface area contributed by atoms with Gasteiger partial charge in [-0.3, -0.25) is 0 Å². The lowest BCUT2D eigenvalue weighted by atomic mass is 9.76. The molecule has 0 bridgehead atoms. The Morgan fingerprint density at radius 2 is 1.60 bits per heavy atom. The van der Waals surface area contributed by atoms with E-state index in [1.807, 2.05) is 0 Å². The summed E-state index contributed by atoms with van der Waals surface area (Å²) in [6.07, 6.45) is 10.0. The molecule has 1 aromatic rings. The third-order valence-electron chi connectivity index (χ3n) is 5.57. The van der Waals surface area contributed by atoms with Gasteiger partial charge in [-0.1, -0.05) is 43.5 Å². The standard InChI is InChI=1S/C18H25NO/c1-4-9-17(10-5-1)13-19-14-18(20-17)11-8-15-6-2-3-7-16(15)12-18/h2-3,6-7,19H,1,4-5,8-14H2. The Morgan fingerprint density at radius 3 is 2.45 bits per heavy atom. The molecule has 1 N–H and O–H groups in total. The quantitative estimate of drug-likeness (QED) is 0.782. The number of benzene rings is 1. The van der Waals surface area contributed by atoms with E-state index in [0.717, 1.165) is 19.5 Å². The molecule has 4 rings (SSSR count). The zero-order chi connectivity index (χ0) is 13.5. The Morgan fingerprint density at radius 1 is 0.850 bits per heavy atom. The first-order valence-corrected chi connectivity index (χ1v) is 8.27. The van der Waals surface area contributed by atoms with E-state index < -0.39 is 0 Å². The maximum atomic E-state index is 6.84. The van der Waals surface area contributed by atoms with Crippen molar-refractivity contribution in [3.05, 3.63) is 35.4 Å². The second kappa shape index (κ2) is 4.85. The van der Waals surface area contributed by atoms with Crippen LogP contribution in [0.1, 0.15) is 49.7 Å². The summed E-state index contributed by atoms with van der Waals surface area (Å²) in [5.74, 6) is 0. The molecule has 2 heteroatoms. The molecule has 2 aliphatic carbocycles. The van der Waals surface area contributed by atoms with Gasteiger partial charge in [0, 0.05) is 19.5 Å². The smallest absolute Gasteiger partial charge is 0.0857 e. The van der Waals surface area contributed by atoms with Crippen LogP contribution in [0.4, 0.5) is 0 Å². The molecule has 1 unspecified atom stereocenters. The molecule has 1 heterocycles. The minimum absolute atomic E-state index is 0.0595. The van der Waals surface area contributed by atoms with E-state index >= 15 is 0 Å². The molecule has 0 radical (unpaired) electrons. The third kappa shape index (κ3) is 2.19. The zero-order valence-electron chi connectivity index (χ0n) is 12.3. The molecule has 1 saturated carbocycles. The molecule has 2 spiro atoms. The summed E-state index contributed by atoms with van der Waals surface area (Å²) in [7, 11) is 0. The second-order valence-corrected chi connectivity index (χ2v) is 7.08. The number of ether oxygens (including phenoxy) is 1. The highest BCUT2D eigenvalue weighted by molar-refractivity contribution is 5.32. The van der Waals surface area contributed by atoms with Gasteiger partial charge in [0.25, 0.3) is 0 Å². The molecular weight excluding hydrogens is 246 g/mol. The molecule has 1 aromatic carbocycles. The van der Waals surface area contributed by atoms with Gasteiger partial charge >= 0.3 is 0 Å².